The van der Waals surface area contributed by atoms with Crippen LogP contribution in [0.15, 0.2) is 24.3 Å². The van der Waals surface area contributed by atoms with Crippen LogP contribution in [0.3, 0.4) is 0 Å². The fourth-order valence-corrected chi connectivity index (χ4v) is 4.06. The third kappa shape index (κ3) is 3.94. The fraction of sp³-hybridized carbons (Fsp3) is 0.524. The molecule has 1 heterocycles. The Hall–Kier alpha value is -2.50. The van der Waals surface area contributed by atoms with E-state index in [-0.39, 0.29) is 11.9 Å². The van der Waals surface area contributed by atoms with Gasteiger partial charge in [0.1, 0.15) is 0 Å². The van der Waals surface area contributed by atoms with E-state index < -0.39 is 5.41 Å². The summed E-state index contributed by atoms with van der Waals surface area (Å²) < 4.78 is 10.8. The Morgan fingerprint density at radius 3 is 2.52 bits per heavy atom. The van der Waals surface area contributed by atoms with E-state index in [1.807, 2.05) is 38.1 Å². The quantitative estimate of drug-likeness (QED) is 0.783. The third-order valence-electron chi connectivity index (χ3n) is 5.48. The number of carbonyl (C=O) groups is 1. The van der Waals surface area contributed by atoms with Gasteiger partial charge in [0.15, 0.2) is 11.5 Å². The predicted octanol–water partition coefficient (Wildman–Crippen LogP) is 3.29. The van der Waals surface area contributed by atoms with Crippen LogP contribution in [0.1, 0.15) is 49.6 Å². The van der Waals surface area contributed by atoms with Crippen LogP contribution in [0, 0.1) is 6.92 Å². The molecule has 0 spiro atoms. The van der Waals surface area contributed by atoms with Crippen molar-refractivity contribution in [3.8, 4) is 11.5 Å². The number of carbonyl (C=O) groups excluding carboxylic acids is 1. The van der Waals surface area contributed by atoms with Crippen LogP contribution >= 0.6 is 0 Å². The second-order valence-corrected chi connectivity index (χ2v) is 7.48. The lowest BCUT2D eigenvalue weighted by Gasteiger charge is -2.30. The molecule has 0 bridgehead atoms. The first kappa shape index (κ1) is 19.3. The molecule has 1 aromatic carbocycles. The van der Waals surface area contributed by atoms with Gasteiger partial charge in [-0.25, -0.2) is 0 Å². The first-order valence-corrected chi connectivity index (χ1v) is 9.53. The highest BCUT2D eigenvalue weighted by Crippen LogP contribution is 2.44. The lowest BCUT2D eigenvalue weighted by molar-refractivity contribution is -0.127. The lowest BCUT2D eigenvalue weighted by Crippen LogP contribution is -2.46. The maximum Gasteiger partial charge on any atom is 0.230 e. The third-order valence-corrected chi connectivity index (χ3v) is 5.48. The zero-order chi connectivity index (χ0) is 19.4. The molecule has 0 aliphatic heterocycles. The number of aromatic amines is 1. The Balaban J connectivity index is 1.80. The van der Waals surface area contributed by atoms with Crippen molar-refractivity contribution in [1.29, 1.82) is 0 Å². The first-order chi connectivity index (χ1) is 13.0. The van der Waals surface area contributed by atoms with Crippen molar-refractivity contribution in [1.82, 2.24) is 15.5 Å². The molecule has 6 heteroatoms. The van der Waals surface area contributed by atoms with Crippen LogP contribution in [-0.2, 0) is 16.6 Å². The number of rotatable bonds is 7. The monoisotopic (exact) mass is 371 g/mol. The summed E-state index contributed by atoms with van der Waals surface area (Å²) in [6.07, 6.45) is 4.51. The number of amides is 1. The summed E-state index contributed by atoms with van der Waals surface area (Å²) in [7, 11) is 3.24. The number of benzene rings is 1. The van der Waals surface area contributed by atoms with Gasteiger partial charge in [0, 0.05) is 18.2 Å². The van der Waals surface area contributed by atoms with Gasteiger partial charge < -0.3 is 14.8 Å². The molecule has 0 saturated heterocycles. The Labute approximate surface area is 160 Å². The van der Waals surface area contributed by atoms with Crippen LogP contribution in [0.25, 0.3) is 0 Å². The number of hydrogen-bond donors (Lipinski definition) is 2. The van der Waals surface area contributed by atoms with Crippen molar-refractivity contribution < 1.29 is 14.3 Å². The molecule has 27 heavy (non-hydrogen) atoms. The topological polar surface area (TPSA) is 76.2 Å². The molecule has 3 rings (SSSR count). The predicted molar refractivity (Wildman–Crippen MR) is 104 cm³/mol. The van der Waals surface area contributed by atoms with Crippen LogP contribution < -0.4 is 14.8 Å². The summed E-state index contributed by atoms with van der Waals surface area (Å²) in [5, 5.41) is 10.4. The minimum Gasteiger partial charge on any atom is -0.493 e. The van der Waals surface area contributed by atoms with Gasteiger partial charge in [-0.1, -0.05) is 18.9 Å². The van der Waals surface area contributed by atoms with Crippen molar-refractivity contribution in [3.05, 3.63) is 41.2 Å². The number of hydrogen-bond acceptors (Lipinski definition) is 4. The molecular formula is C21H29N3O3. The summed E-state index contributed by atoms with van der Waals surface area (Å²) in [5.74, 6) is 1.43. The van der Waals surface area contributed by atoms with Gasteiger partial charge in [-0.05, 0) is 50.5 Å². The van der Waals surface area contributed by atoms with Crippen molar-refractivity contribution in [3.63, 3.8) is 0 Å². The largest absolute Gasteiger partial charge is 0.493 e. The zero-order valence-corrected chi connectivity index (χ0v) is 16.6. The molecule has 6 nitrogen and oxygen atoms in total. The van der Waals surface area contributed by atoms with Crippen LogP contribution in [0.2, 0.25) is 0 Å². The van der Waals surface area contributed by atoms with Crippen molar-refractivity contribution in [2.45, 2.75) is 57.4 Å². The lowest BCUT2D eigenvalue weighted by atomic mass is 9.77. The molecule has 146 valence electrons. The Morgan fingerprint density at radius 1 is 1.22 bits per heavy atom. The van der Waals surface area contributed by atoms with Gasteiger partial charge in [-0.3, -0.25) is 9.89 Å². The molecule has 1 aromatic heterocycles. The molecule has 1 saturated carbocycles. The van der Waals surface area contributed by atoms with E-state index in [4.69, 9.17) is 9.47 Å². The number of methoxy groups -OCH3 is 2. The first-order valence-electron chi connectivity index (χ1n) is 9.53. The Kier molecular flexibility index (Phi) is 5.73. The standard InChI is InChI=1S/C21H29N3O3/c1-14(11-17-12-15(2)23-24-17)22-20(25)21(9-5-6-10-21)16-7-8-18(26-3)19(13-16)27-4/h7-8,12-14H,5-6,9-11H2,1-4H3,(H,22,25)(H,23,24)/t14-/m1/s1. The van der Waals surface area contributed by atoms with Crippen molar-refractivity contribution >= 4 is 5.91 Å². The van der Waals surface area contributed by atoms with Gasteiger partial charge in [0.05, 0.1) is 25.3 Å². The van der Waals surface area contributed by atoms with Gasteiger partial charge in [-0.15, -0.1) is 0 Å². The Bertz CT molecular complexity index is 794. The van der Waals surface area contributed by atoms with E-state index in [1.54, 1.807) is 14.2 Å². The van der Waals surface area contributed by atoms with Crippen molar-refractivity contribution in [2.24, 2.45) is 0 Å². The average Bonchev–Trinajstić information content (AvgIpc) is 3.31. The van der Waals surface area contributed by atoms with Crippen LogP contribution in [0.5, 0.6) is 11.5 Å². The number of ether oxygens (including phenoxy) is 2. The summed E-state index contributed by atoms with van der Waals surface area (Å²) in [6.45, 7) is 4.00. The summed E-state index contributed by atoms with van der Waals surface area (Å²) in [6, 6.07) is 7.86. The number of H-pyrrole nitrogens is 1. The number of aromatic nitrogens is 2. The molecule has 2 aromatic rings. The smallest absolute Gasteiger partial charge is 0.230 e. The zero-order valence-electron chi connectivity index (χ0n) is 16.6. The van der Waals surface area contributed by atoms with Gasteiger partial charge >= 0.3 is 0 Å². The molecule has 1 fully saturated rings. The number of nitrogens with one attached hydrogen (secondary N) is 2. The number of nitrogens with zero attached hydrogens (tertiary/aromatic N) is 1. The van der Waals surface area contributed by atoms with Gasteiger partial charge in [-0.2, -0.15) is 5.10 Å². The number of aryl methyl sites for hydroxylation is 1. The summed E-state index contributed by atoms with van der Waals surface area (Å²) >= 11 is 0. The van der Waals surface area contributed by atoms with E-state index in [1.165, 1.54) is 0 Å². The molecule has 1 amide bonds. The second kappa shape index (κ2) is 8.03. The van der Waals surface area contributed by atoms with Crippen LogP contribution in [-0.4, -0.2) is 36.4 Å². The Morgan fingerprint density at radius 2 is 1.93 bits per heavy atom. The van der Waals surface area contributed by atoms with Gasteiger partial charge in [0.25, 0.3) is 0 Å². The van der Waals surface area contributed by atoms with E-state index >= 15 is 0 Å². The highest BCUT2D eigenvalue weighted by Gasteiger charge is 2.43. The summed E-state index contributed by atoms with van der Waals surface area (Å²) in [4.78, 5) is 13.3. The van der Waals surface area contributed by atoms with Crippen LogP contribution in [0.4, 0.5) is 0 Å². The molecule has 0 unspecified atom stereocenters. The highest BCUT2D eigenvalue weighted by atomic mass is 16.5. The van der Waals surface area contributed by atoms with E-state index in [2.05, 4.69) is 15.5 Å². The SMILES string of the molecule is COc1ccc(C2(C(=O)N[C@H](C)Cc3cc(C)[nH]n3)CCCC2)cc1OC. The maximum atomic E-state index is 13.3. The minimum absolute atomic E-state index is 0.0119. The highest BCUT2D eigenvalue weighted by molar-refractivity contribution is 5.89. The fourth-order valence-electron chi connectivity index (χ4n) is 4.06. The molecular weight excluding hydrogens is 342 g/mol. The molecule has 2 N–H and O–H groups in total. The van der Waals surface area contributed by atoms with Crippen molar-refractivity contribution in [2.75, 3.05) is 14.2 Å². The van der Waals surface area contributed by atoms with E-state index in [0.29, 0.717) is 17.9 Å². The summed E-state index contributed by atoms with van der Waals surface area (Å²) in [5.41, 5.74) is 2.49. The molecule has 1 aliphatic rings. The normalized spacial score (nSPS) is 16.7. The second-order valence-electron chi connectivity index (χ2n) is 7.48. The maximum absolute atomic E-state index is 13.3. The molecule has 0 radical (unpaired) electrons. The minimum atomic E-state index is -0.505. The van der Waals surface area contributed by atoms with E-state index in [9.17, 15) is 4.79 Å². The average molecular weight is 371 g/mol. The van der Waals surface area contributed by atoms with Gasteiger partial charge in [0.2, 0.25) is 5.91 Å². The van der Waals surface area contributed by atoms with E-state index in [0.717, 1.165) is 42.6 Å². The molecule has 1 aliphatic carbocycles. The molecule has 1 atom stereocenters.